The summed E-state index contributed by atoms with van der Waals surface area (Å²) in [5.41, 5.74) is 1.67. The lowest BCUT2D eigenvalue weighted by molar-refractivity contribution is 0.0845. The van der Waals surface area contributed by atoms with Gasteiger partial charge in [-0.05, 0) is 42.0 Å². The van der Waals surface area contributed by atoms with Gasteiger partial charge in [0.2, 0.25) is 6.23 Å². The number of halogens is 3. The molecule has 3 rings (SSSR count). The van der Waals surface area contributed by atoms with E-state index in [1.54, 1.807) is 12.1 Å². The van der Waals surface area contributed by atoms with Gasteiger partial charge in [0, 0.05) is 5.56 Å². The number of carbonyl (C=O) groups is 1. The number of amides is 1. The smallest absolute Gasteiger partial charge is 0.254 e. The van der Waals surface area contributed by atoms with Gasteiger partial charge in [-0.3, -0.25) is 4.79 Å². The molecular weight excluding hydrogens is 526 g/mol. The quantitative estimate of drug-likeness (QED) is 0.319. The summed E-state index contributed by atoms with van der Waals surface area (Å²) in [7, 11) is 0. The van der Waals surface area contributed by atoms with Gasteiger partial charge in [-0.25, -0.2) is 0 Å². The molecule has 0 aliphatic carbocycles. The first kappa shape index (κ1) is 19.4. The topological polar surface area (TPSA) is 38.3 Å². The third-order valence-electron chi connectivity index (χ3n) is 3.85. The van der Waals surface area contributed by atoms with E-state index in [9.17, 15) is 4.79 Å². The van der Waals surface area contributed by atoms with E-state index in [1.807, 2.05) is 61.5 Å². The fraction of sp³-hybridized carbons (Fsp3) is 0.150. The molecule has 0 saturated heterocycles. The second kappa shape index (κ2) is 8.11. The summed E-state index contributed by atoms with van der Waals surface area (Å²) in [6.45, 7) is 1.98. The molecule has 0 aliphatic rings. The van der Waals surface area contributed by atoms with Crippen LogP contribution in [0.15, 0.2) is 66.7 Å². The van der Waals surface area contributed by atoms with E-state index < -0.39 is 8.37 Å². The van der Waals surface area contributed by atoms with Gasteiger partial charge in [0.1, 0.15) is 5.75 Å². The van der Waals surface area contributed by atoms with E-state index in [4.69, 9.17) is 4.74 Å². The van der Waals surface area contributed by atoms with Gasteiger partial charge in [-0.15, -0.1) is 0 Å². The van der Waals surface area contributed by atoms with Crippen molar-refractivity contribution in [3.8, 4) is 5.75 Å². The molecule has 0 heterocycles. The van der Waals surface area contributed by atoms with Crippen LogP contribution in [0.4, 0.5) is 0 Å². The normalized spacial score (nSPS) is 12.6. The lowest BCUT2D eigenvalue weighted by Gasteiger charge is -2.27. The third kappa shape index (κ3) is 4.87. The number of alkyl halides is 3. The number of benzene rings is 3. The van der Waals surface area contributed by atoms with E-state index in [0.717, 1.165) is 16.3 Å². The Morgan fingerprint density at radius 1 is 0.962 bits per heavy atom. The maximum atomic E-state index is 12.6. The Morgan fingerprint density at radius 3 is 2.27 bits per heavy atom. The van der Waals surface area contributed by atoms with Crippen molar-refractivity contribution in [2.75, 3.05) is 0 Å². The Morgan fingerprint density at radius 2 is 1.62 bits per heavy atom. The molecule has 0 aliphatic heterocycles. The Labute approximate surface area is 177 Å². The van der Waals surface area contributed by atoms with E-state index in [1.165, 1.54) is 0 Å². The number of aryl methyl sites for hydroxylation is 1. The fourth-order valence-corrected chi connectivity index (χ4v) is 3.09. The minimum absolute atomic E-state index is 0.224. The van der Waals surface area contributed by atoms with Crippen molar-refractivity contribution < 1.29 is 9.53 Å². The summed E-state index contributed by atoms with van der Waals surface area (Å²) in [5.74, 6) is 0.430. The summed E-state index contributed by atoms with van der Waals surface area (Å²) >= 11 is 10.4. The standard InChI is InChI=1S/C20H16Br3NO2/c1-13-6-8-15(9-7-13)18(25)24-19(20(21,22)23)26-17-11-10-14-4-2-3-5-16(14)12-17/h2-12,19H,1H3,(H,24,25)/t19-/m1/s1. The number of nitrogens with one attached hydrogen (secondary N) is 1. The van der Waals surface area contributed by atoms with Gasteiger partial charge >= 0.3 is 0 Å². The SMILES string of the molecule is Cc1ccc(C(=O)N[C@H](Oc2ccc3ccccc3c2)C(Br)(Br)Br)cc1. The fourth-order valence-electron chi connectivity index (χ4n) is 2.46. The molecule has 0 aromatic heterocycles. The number of hydrogen-bond donors (Lipinski definition) is 1. The highest BCUT2D eigenvalue weighted by atomic mass is 80.0. The average molecular weight is 542 g/mol. The van der Waals surface area contributed by atoms with Crippen LogP contribution in [0.3, 0.4) is 0 Å². The Hall–Kier alpha value is -1.37. The minimum Gasteiger partial charge on any atom is -0.467 e. The third-order valence-corrected chi connectivity index (χ3v) is 5.10. The summed E-state index contributed by atoms with van der Waals surface area (Å²) in [5, 5.41) is 5.08. The summed E-state index contributed by atoms with van der Waals surface area (Å²) in [6.07, 6.45) is -0.697. The van der Waals surface area contributed by atoms with Crippen molar-refractivity contribution in [1.29, 1.82) is 0 Å². The first-order chi connectivity index (χ1) is 12.3. The van der Waals surface area contributed by atoms with Gasteiger partial charge in [0.15, 0.2) is 2.14 Å². The zero-order chi connectivity index (χ0) is 18.7. The molecule has 3 aromatic carbocycles. The molecule has 1 amide bonds. The summed E-state index contributed by atoms with van der Waals surface area (Å²) < 4.78 is 5.21. The monoisotopic (exact) mass is 539 g/mol. The molecule has 6 heteroatoms. The van der Waals surface area contributed by atoms with Crippen LogP contribution in [0.2, 0.25) is 0 Å². The van der Waals surface area contributed by atoms with Gasteiger partial charge in [0.25, 0.3) is 5.91 Å². The maximum absolute atomic E-state index is 12.6. The Balaban J connectivity index is 1.81. The minimum atomic E-state index is -0.820. The highest BCUT2D eigenvalue weighted by Crippen LogP contribution is 2.38. The molecule has 3 nitrogen and oxygen atoms in total. The number of ether oxygens (including phenoxy) is 1. The number of rotatable bonds is 4. The van der Waals surface area contributed by atoms with Crippen LogP contribution in [0.25, 0.3) is 10.8 Å². The summed E-state index contributed by atoms with van der Waals surface area (Å²) in [6, 6.07) is 21.2. The number of hydrogen-bond acceptors (Lipinski definition) is 2. The molecule has 3 aromatic rings. The average Bonchev–Trinajstić information content (AvgIpc) is 2.61. The van der Waals surface area contributed by atoms with E-state index in [-0.39, 0.29) is 5.91 Å². The van der Waals surface area contributed by atoms with E-state index >= 15 is 0 Å². The van der Waals surface area contributed by atoms with Crippen molar-refractivity contribution in [3.63, 3.8) is 0 Å². The van der Waals surface area contributed by atoms with Crippen LogP contribution in [0.5, 0.6) is 5.75 Å². The van der Waals surface area contributed by atoms with Crippen molar-refractivity contribution in [1.82, 2.24) is 5.32 Å². The largest absolute Gasteiger partial charge is 0.467 e. The molecule has 1 atom stereocenters. The molecule has 1 N–H and O–H groups in total. The predicted octanol–water partition coefficient (Wildman–Crippen LogP) is 6.12. The van der Waals surface area contributed by atoms with Gasteiger partial charge in [-0.1, -0.05) is 95.8 Å². The highest BCUT2D eigenvalue weighted by Gasteiger charge is 2.34. The first-order valence-electron chi connectivity index (χ1n) is 7.92. The van der Waals surface area contributed by atoms with E-state index in [2.05, 4.69) is 53.1 Å². The number of fused-ring (bicyclic) bond motifs is 1. The van der Waals surface area contributed by atoms with Crippen LogP contribution in [0.1, 0.15) is 15.9 Å². The van der Waals surface area contributed by atoms with Crippen LogP contribution >= 0.6 is 47.8 Å². The van der Waals surface area contributed by atoms with Gasteiger partial charge in [-0.2, -0.15) is 0 Å². The van der Waals surface area contributed by atoms with Crippen molar-refractivity contribution in [2.24, 2.45) is 0 Å². The van der Waals surface area contributed by atoms with Crippen molar-refractivity contribution in [2.45, 2.75) is 15.3 Å². The Bertz CT molecular complexity index is 920. The molecule has 26 heavy (non-hydrogen) atoms. The zero-order valence-electron chi connectivity index (χ0n) is 13.9. The first-order valence-corrected chi connectivity index (χ1v) is 10.3. The van der Waals surface area contributed by atoms with Crippen LogP contribution in [0, 0.1) is 6.92 Å². The van der Waals surface area contributed by atoms with Crippen LogP contribution in [-0.4, -0.2) is 14.3 Å². The second-order valence-electron chi connectivity index (χ2n) is 5.89. The lowest BCUT2D eigenvalue weighted by Crippen LogP contribution is -2.47. The molecular formula is C20H16Br3NO2. The van der Waals surface area contributed by atoms with Gasteiger partial charge in [0.05, 0.1) is 0 Å². The molecule has 0 spiro atoms. The molecule has 0 bridgehead atoms. The van der Waals surface area contributed by atoms with E-state index in [0.29, 0.717) is 11.3 Å². The second-order valence-corrected chi connectivity index (χ2v) is 12.8. The lowest BCUT2D eigenvalue weighted by atomic mass is 10.1. The Kier molecular flexibility index (Phi) is 6.05. The molecule has 0 radical (unpaired) electrons. The van der Waals surface area contributed by atoms with Crippen LogP contribution < -0.4 is 10.1 Å². The number of carbonyl (C=O) groups excluding carboxylic acids is 1. The summed E-state index contributed by atoms with van der Waals surface area (Å²) in [4.78, 5) is 12.6. The molecule has 0 unspecified atom stereocenters. The predicted molar refractivity (Wildman–Crippen MR) is 117 cm³/mol. The zero-order valence-corrected chi connectivity index (χ0v) is 18.6. The maximum Gasteiger partial charge on any atom is 0.254 e. The molecule has 134 valence electrons. The highest BCUT2D eigenvalue weighted by molar-refractivity contribution is 9.39. The van der Waals surface area contributed by atoms with Crippen molar-refractivity contribution >= 4 is 64.5 Å². The molecule has 0 saturated carbocycles. The van der Waals surface area contributed by atoms with Crippen molar-refractivity contribution in [3.05, 3.63) is 77.9 Å². The van der Waals surface area contributed by atoms with Gasteiger partial charge < -0.3 is 10.1 Å². The molecule has 0 fully saturated rings. The van der Waals surface area contributed by atoms with Crippen LogP contribution in [-0.2, 0) is 0 Å².